The third-order valence-electron chi connectivity index (χ3n) is 3.35. The Morgan fingerprint density at radius 1 is 1.25 bits per heavy atom. The van der Waals surface area contributed by atoms with Gasteiger partial charge in [-0.3, -0.25) is 5.43 Å². The van der Waals surface area contributed by atoms with Crippen LogP contribution in [0.3, 0.4) is 0 Å². The highest BCUT2D eigenvalue weighted by molar-refractivity contribution is 7.13. The third-order valence-corrected chi connectivity index (χ3v) is 4.22. The third kappa shape index (κ3) is 3.78. The van der Waals surface area contributed by atoms with E-state index in [0.29, 0.717) is 11.3 Å². The largest absolute Gasteiger partial charge is 0.496 e. The molecule has 0 amide bonds. The zero-order valence-corrected chi connectivity index (χ0v) is 14.1. The van der Waals surface area contributed by atoms with Crippen molar-refractivity contribution in [1.29, 1.82) is 0 Å². The van der Waals surface area contributed by atoms with Gasteiger partial charge in [-0.2, -0.15) is 5.10 Å². The van der Waals surface area contributed by atoms with Gasteiger partial charge < -0.3 is 4.74 Å². The first kappa shape index (κ1) is 16.1. The standard InChI is InChI=1S/C18H16FN3OS/c1-12-11-24-18(21-12)22-20-10-13-4-3-5-14(8-13)16-9-15(19)6-7-17(16)23-2/h3-11H,1-2H3,(H,21,22). The fraction of sp³-hybridized carbons (Fsp3) is 0.111. The second-order valence-electron chi connectivity index (χ2n) is 5.13. The van der Waals surface area contributed by atoms with E-state index in [9.17, 15) is 4.39 Å². The number of nitrogens with zero attached hydrogens (tertiary/aromatic N) is 2. The molecule has 0 aliphatic rings. The predicted molar refractivity (Wildman–Crippen MR) is 96.5 cm³/mol. The first-order chi connectivity index (χ1) is 11.7. The summed E-state index contributed by atoms with van der Waals surface area (Å²) in [5.74, 6) is 0.326. The molecule has 6 heteroatoms. The van der Waals surface area contributed by atoms with E-state index in [1.54, 1.807) is 19.4 Å². The molecule has 0 spiro atoms. The number of hydrogen-bond donors (Lipinski definition) is 1. The maximum absolute atomic E-state index is 13.6. The molecule has 3 rings (SSSR count). The number of rotatable bonds is 5. The molecular weight excluding hydrogens is 325 g/mol. The number of benzene rings is 2. The van der Waals surface area contributed by atoms with Crippen LogP contribution >= 0.6 is 11.3 Å². The van der Waals surface area contributed by atoms with Crippen LogP contribution in [0.2, 0.25) is 0 Å². The van der Waals surface area contributed by atoms with Crippen LogP contribution < -0.4 is 10.2 Å². The van der Waals surface area contributed by atoms with E-state index in [-0.39, 0.29) is 5.82 Å². The van der Waals surface area contributed by atoms with Crippen LogP contribution in [0.15, 0.2) is 52.9 Å². The lowest BCUT2D eigenvalue weighted by molar-refractivity contribution is 0.415. The Labute approximate surface area is 143 Å². The van der Waals surface area contributed by atoms with Gasteiger partial charge in [0, 0.05) is 10.9 Å². The lowest BCUT2D eigenvalue weighted by Crippen LogP contribution is -1.92. The van der Waals surface area contributed by atoms with E-state index in [2.05, 4.69) is 15.5 Å². The van der Waals surface area contributed by atoms with Crippen LogP contribution in [0, 0.1) is 12.7 Å². The number of nitrogens with one attached hydrogen (secondary N) is 1. The molecule has 0 fully saturated rings. The number of anilines is 1. The van der Waals surface area contributed by atoms with Gasteiger partial charge in [0.15, 0.2) is 0 Å². The van der Waals surface area contributed by atoms with Crippen molar-refractivity contribution >= 4 is 22.7 Å². The molecule has 0 unspecified atom stereocenters. The van der Waals surface area contributed by atoms with Gasteiger partial charge >= 0.3 is 0 Å². The second-order valence-corrected chi connectivity index (χ2v) is 5.99. The van der Waals surface area contributed by atoms with Crippen LogP contribution in [-0.2, 0) is 0 Å². The molecule has 24 heavy (non-hydrogen) atoms. The molecule has 0 bridgehead atoms. The summed E-state index contributed by atoms with van der Waals surface area (Å²) in [4.78, 5) is 4.27. The van der Waals surface area contributed by atoms with Crippen LogP contribution in [0.1, 0.15) is 11.3 Å². The summed E-state index contributed by atoms with van der Waals surface area (Å²) >= 11 is 1.50. The Morgan fingerprint density at radius 3 is 2.88 bits per heavy atom. The van der Waals surface area contributed by atoms with Gasteiger partial charge in [-0.1, -0.05) is 18.2 Å². The van der Waals surface area contributed by atoms with Crippen LogP contribution in [0.4, 0.5) is 9.52 Å². The maximum Gasteiger partial charge on any atom is 0.203 e. The maximum atomic E-state index is 13.6. The summed E-state index contributed by atoms with van der Waals surface area (Å²) in [7, 11) is 1.57. The monoisotopic (exact) mass is 341 g/mol. The smallest absolute Gasteiger partial charge is 0.203 e. The lowest BCUT2D eigenvalue weighted by Gasteiger charge is -2.09. The summed E-state index contributed by atoms with van der Waals surface area (Å²) in [6.07, 6.45) is 1.70. The number of hydrazone groups is 1. The molecule has 2 aromatic carbocycles. The van der Waals surface area contributed by atoms with Gasteiger partial charge in [-0.25, -0.2) is 9.37 Å². The molecule has 0 aliphatic heterocycles. The highest BCUT2D eigenvalue weighted by Gasteiger charge is 2.07. The molecule has 0 aliphatic carbocycles. The fourth-order valence-electron chi connectivity index (χ4n) is 2.26. The molecule has 0 saturated carbocycles. The number of hydrogen-bond acceptors (Lipinski definition) is 5. The predicted octanol–water partition coefficient (Wildman–Crippen LogP) is 4.71. The molecular formula is C18H16FN3OS. The molecule has 4 nitrogen and oxygen atoms in total. The second kappa shape index (κ2) is 7.23. The summed E-state index contributed by atoms with van der Waals surface area (Å²) in [5.41, 5.74) is 6.31. The molecule has 1 heterocycles. The van der Waals surface area contributed by atoms with E-state index in [4.69, 9.17) is 4.74 Å². The average Bonchev–Trinajstić information content (AvgIpc) is 3.00. The van der Waals surface area contributed by atoms with Crippen molar-refractivity contribution in [3.05, 3.63) is 64.9 Å². The molecule has 0 atom stereocenters. The summed E-state index contributed by atoms with van der Waals surface area (Å²) in [5, 5.41) is 6.88. The molecule has 1 aromatic heterocycles. The number of halogens is 1. The zero-order valence-electron chi connectivity index (χ0n) is 13.3. The number of methoxy groups -OCH3 is 1. The van der Waals surface area contributed by atoms with Gasteiger partial charge in [0.25, 0.3) is 0 Å². The Hall–Kier alpha value is -2.73. The van der Waals surface area contributed by atoms with Gasteiger partial charge in [-0.15, -0.1) is 11.3 Å². The zero-order chi connectivity index (χ0) is 16.9. The van der Waals surface area contributed by atoms with E-state index < -0.39 is 0 Å². The lowest BCUT2D eigenvalue weighted by atomic mass is 10.0. The molecule has 122 valence electrons. The Kier molecular flexibility index (Phi) is 4.86. The minimum Gasteiger partial charge on any atom is -0.496 e. The first-order valence-electron chi connectivity index (χ1n) is 7.31. The molecule has 0 radical (unpaired) electrons. The van der Waals surface area contributed by atoms with Crippen molar-refractivity contribution < 1.29 is 9.13 Å². The van der Waals surface area contributed by atoms with E-state index in [1.807, 2.05) is 36.6 Å². The highest BCUT2D eigenvalue weighted by atomic mass is 32.1. The quantitative estimate of drug-likeness (QED) is 0.540. The van der Waals surface area contributed by atoms with Crippen LogP contribution in [0.25, 0.3) is 11.1 Å². The van der Waals surface area contributed by atoms with Crippen LogP contribution in [-0.4, -0.2) is 18.3 Å². The molecule has 3 aromatic rings. The Balaban J connectivity index is 1.83. The normalized spacial score (nSPS) is 11.0. The highest BCUT2D eigenvalue weighted by Crippen LogP contribution is 2.30. The summed E-state index contributed by atoms with van der Waals surface area (Å²) in [6, 6.07) is 12.1. The van der Waals surface area contributed by atoms with E-state index in [1.165, 1.54) is 23.5 Å². The number of thiazole rings is 1. The van der Waals surface area contributed by atoms with Gasteiger partial charge in [0.2, 0.25) is 5.13 Å². The number of aromatic nitrogens is 1. The van der Waals surface area contributed by atoms with Gasteiger partial charge in [0.05, 0.1) is 19.0 Å². The van der Waals surface area contributed by atoms with Crippen molar-refractivity contribution in [3.8, 4) is 16.9 Å². The van der Waals surface area contributed by atoms with E-state index >= 15 is 0 Å². The average molecular weight is 341 g/mol. The topological polar surface area (TPSA) is 46.5 Å². The molecule has 0 saturated heterocycles. The SMILES string of the molecule is COc1ccc(F)cc1-c1cccc(C=NNc2nc(C)cs2)c1. The van der Waals surface area contributed by atoms with Crippen LogP contribution in [0.5, 0.6) is 5.75 Å². The number of aryl methyl sites for hydroxylation is 1. The van der Waals surface area contributed by atoms with E-state index in [0.717, 1.165) is 22.0 Å². The Bertz CT molecular complexity index is 876. The number of ether oxygens (including phenoxy) is 1. The fourth-order valence-corrected chi connectivity index (χ4v) is 2.90. The van der Waals surface area contributed by atoms with Gasteiger partial charge in [-0.05, 0) is 42.3 Å². The van der Waals surface area contributed by atoms with Crippen molar-refractivity contribution in [3.63, 3.8) is 0 Å². The first-order valence-corrected chi connectivity index (χ1v) is 8.19. The summed E-state index contributed by atoms with van der Waals surface area (Å²) in [6.45, 7) is 1.93. The van der Waals surface area contributed by atoms with Crippen molar-refractivity contribution in [2.75, 3.05) is 12.5 Å². The van der Waals surface area contributed by atoms with Gasteiger partial charge in [0.1, 0.15) is 11.6 Å². The molecule has 1 N–H and O–H groups in total. The van der Waals surface area contributed by atoms with Crippen molar-refractivity contribution in [1.82, 2.24) is 4.98 Å². The Morgan fingerprint density at radius 2 is 2.12 bits per heavy atom. The minimum absolute atomic E-state index is 0.300. The summed E-state index contributed by atoms with van der Waals surface area (Å²) < 4.78 is 18.9. The van der Waals surface area contributed by atoms with Crippen molar-refractivity contribution in [2.24, 2.45) is 5.10 Å². The van der Waals surface area contributed by atoms with Crippen molar-refractivity contribution in [2.45, 2.75) is 6.92 Å². The minimum atomic E-state index is -0.300.